The van der Waals surface area contributed by atoms with Gasteiger partial charge in [-0.2, -0.15) is 0 Å². The van der Waals surface area contributed by atoms with Crippen molar-refractivity contribution in [3.63, 3.8) is 0 Å². The van der Waals surface area contributed by atoms with E-state index in [4.69, 9.17) is 4.74 Å². The molecule has 2 amide bonds. The second-order valence-electron chi connectivity index (χ2n) is 7.12. The number of ether oxygens (including phenoxy) is 1. The zero-order valence-corrected chi connectivity index (χ0v) is 15.5. The molecule has 0 spiro atoms. The van der Waals surface area contributed by atoms with Crippen LogP contribution in [0.5, 0.6) is 0 Å². The number of fused-ring (bicyclic) bond motifs is 3. The highest BCUT2D eigenvalue weighted by molar-refractivity contribution is 8.02. The highest BCUT2D eigenvalue weighted by Gasteiger charge is 2.58. The smallest absolute Gasteiger partial charge is 0.344 e. The molecule has 0 radical (unpaired) electrons. The van der Waals surface area contributed by atoms with E-state index < -0.39 is 16.9 Å². The molecule has 1 saturated heterocycles. The molecule has 1 aromatic carbocycles. The molecule has 0 unspecified atom stereocenters. The van der Waals surface area contributed by atoms with Gasteiger partial charge in [-0.15, -0.1) is 0 Å². The number of anilines is 1. The number of nitrogens with one attached hydrogen (secondary N) is 1. The first-order chi connectivity index (χ1) is 12.5. The number of nitrogens with zero attached hydrogens (tertiary/aromatic N) is 1. The van der Waals surface area contributed by atoms with E-state index >= 15 is 0 Å². The number of para-hydroxylation sites is 1. The van der Waals surface area contributed by atoms with Gasteiger partial charge in [0.25, 0.3) is 5.91 Å². The van der Waals surface area contributed by atoms with E-state index in [1.807, 2.05) is 24.3 Å². The van der Waals surface area contributed by atoms with Crippen molar-refractivity contribution in [3.8, 4) is 0 Å². The summed E-state index contributed by atoms with van der Waals surface area (Å²) in [7, 11) is 0. The van der Waals surface area contributed by atoms with Crippen molar-refractivity contribution in [1.82, 2.24) is 5.32 Å². The van der Waals surface area contributed by atoms with E-state index in [9.17, 15) is 14.4 Å². The molecule has 1 saturated carbocycles. The molecule has 7 heteroatoms. The van der Waals surface area contributed by atoms with Crippen LogP contribution in [-0.2, 0) is 19.1 Å². The van der Waals surface area contributed by atoms with Crippen LogP contribution in [0.4, 0.5) is 5.69 Å². The predicted molar refractivity (Wildman–Crippen MR) is 97.7 cm³/mol. The second-order valence-corrected chi connectivity index (χ2v) is 8.44. The van der Waals surface area contributed by atoms with Crippen LogP contribution in [0.15, 0.2) is 29.2 Å². The molecule has 2 fully saturated rings. The monoisotopic (exact) mass is 374 g/mol. The number of carbonyl (C=O) groups excluding carboxylic acids is 3. The summed E-state index contributed by atoms with van der Waals surface area (Å²) in [4.78, 5) is 39.1. The molecule has 26 heavy (non-hydrogen) atoms. The molecular formula is C19H22N2O4S. The third kappa shape index (κ3) is 2.78. The molecule has 4 rings (SSSR count). The number of rotatable bonds is 4. The Hall–Kier alpha value is -2.02. The SMILES string of the molecule is C[C@@H](OC(=O)[C@@]12CCC(=O)N1c1ccccc1S2)C(=O)NC1CCCC1. The molecule has 138 valence electrons. The Bertz CT molecular complexity index is 762. The van der Waals surface area contributed by atoms with Crippen LogP contribution in [-0.4, -0.2) is 34.8 Å². The Morgan fingerprint density at radius 1 is 1.31 bits per heavy atom. The van der Waals surface area contributed by atoms with Crippen LogP contribution in [0, 0.1) is 0 Å². The van der Waals surface area contributed by atoms with E-state index in [2.05, 4.69) is 5.32 Å². The summed E-state index contributed by atoms with van der Waals surface area (Å²) in [5, 5.41) is 2.95. The van der Waals surface area contributed by atoms with E-state index in [1.54, 1.807) is 11.8 Å². The summed E-state index contributed by atoms with van der Waals surface area (Å²) in [6, 6.07) is 7.66. The van der Waals surface area contributed by atoms with E-state index in [1.165, 1.54) is 11.8 Å². The Morgan fingerprint density at radius 3 is 2.81 bits per heavy atom. The molecule has 0 aromatic heterocycles. The van der Waals surface area contributed by atoms with E-state index in [0.29, 0.717) is 12.8 Å². The largest absolute Gasteiger partial charge is 0.450 e. The zero-order chi connectivity index (χ0) is 18.3. The number of hydrogen-bond donors (Lipinski definition) is 1. The van der Waals surface area contributed by atoms with Crippen LogP contribution in [0.25, 0.3) is 0 Å². The fourth-order valence-electron chi connectivity index (χ4n) is 3.97. The molecular weight excluding hydrogens is 352 g/mol. The van der Waals surface area contributed by atoms with Gasteiger partial charge < -0.3 is 10.1 Å². The Balaban J connectivity index is 1.49. The standard InChI is InChI=1S/C19H22N2O4S/c1-12(17(23)20-13-6-2-3-7-13)25-18(24)19-11-10-16(22)21(19)14-8-4-5-9-15(14)26-19/h4-5,8-9,12-13H,2-3,6-7,10-11H2,1H3,(H,20,23)/t12-,19+/m1/s1. The minimum absolute atomic E-state index is 0.0811. The number of amides is 2. The molecule has 1 aliphatic carbocycles. The van der Waals surface area contributed by atoms with Gasteiger partial charge in [0.15, 0.2) is 11.0 Å². The van der Waals surface area contributed by atoms with Gasteiger partial charge in [0.05, 0.1) is 5.69 Å². The van der Waals surface area contributed by atoms with Gasteiger partial charge in [0, 0.05) is 23.8 Å². The lowest BCUT2D eigenvalue weighted by molar-refractivity contribution is -0.157. The van der Waals surface area contributed by atoms with Gasteiger partial charge in [0.1, 0.15) is 0 Å². The number of hydrogen-bond acceptors (Lipinski definition) is 5. The molecule has 6 nitrogen and oxygen atoms in total. The Labute approximate surface area is 156 Å². The summed E-state index contributed by atoms with van der Waals surface area (Å²) in [5.74, 6) is -0.862. The fraction of sp³-hybridized carbons (Fsp3) is 0.526. The minimum Gasteiger partial charge on any atom is -0.450 e. The van der Waals surface area contributed by atoms with Crippen molar-refractivity contribution in [3.05, 3.63) is 24.3 Å². The number of esters is 1. The number of thioether (sulfide) groups is 1. The molecule has 3 aliphatic rings. The number of benzene rings is 1. The first-order valence-electron chi connectivity index (χ1n) is 9.14. The Morgan fingerprint density at radius 2 is 2.04 bits per heavy atom. The summed E-state index contributed by atoms with van der Waals surface area (Å²) >= 11 is 1.35. The maximum absolute atomic E-state index is 13.0. The van der Waals surface area contributed by atoms with Crippen molar-refractivity contribution in [2.75, 3.05) is 4.90 Å². The summed E-state index contributed by atoms with van der Waals surface area (Å²) in [6.45, 7) is 1.59. The fourth-order valence-corrected chi connectivity index (χ4v) is 5.37. The first-order valence-corrected chi connectivity index (χ1v) is 9.95. The molecule has 1 aromatic rings. The lowest BCUT2D eigenvalue weighted by Gasteiger charge is -2.30. The van der Waals surface area contributed by atoms with Crippen LogP contribution in [0.1, 0.15) is 45.4 Å². The van der Waals surface area contributed by atoms with E-state index in [-0.39, 0.29) is 17.9 Å². The minimum atomic E-state index is -1.08. The maximum atomic E-state index is 13.0. The summed E-state index contributed by atoms with van der Waals surface area (Å²) in [6.07, 6.45) is 4.01. The van der Waals surface area contributed by atoms with Crippen LogP contribution in [0.2, 0.25) is 0 Å². The van der Waals surface area contributed by atoms with Crippen LogP contribution >= 0.6 is 11.8 Å². The van der Waals surface area contributed by atoms with Crippen molar-refractivity contribution < 1.29 is 19.1 Å². The average Bonchev–Trinajstić information content (AvgIpc) is 3.31. The van der Waals surface area contributed by atoms with Gasteiger partial charge in [0.2, 0.25) is 5.91 Å². The van der Waals surface area contributed by atoms with Gasteiger partial charge in [-0.05, 0) is 31.9 Å². The summed E-state index contributed by atoms with van der Waals surface area (Å²) in [5.41, 5.74) is 0.750. The van der Waals surface area contributed by atoms with Crippen molar-refractivity contribution >= 4 is 35.2 Å². The first kappa shape index (κ1) is 17.4. The molecule has 2 heterocycles. The van der Waals surface area contributed by atoms with E-state index in [0.717, 1.165) is 36.3 Å². The maximum Gasteiger partial charge on any atom is 0.344 e. The molecule has 2 aliphatic heterocycles. The topological polar surface area (TPSA) is 75.7 Å². The predicted octanol–water partition coefficient (Wildman–Crippen LogP) is 2.61. The Kier molecular flexibility index (Phi) is 4.42. The van der Waals surface area contributed by atoms with Crippen molar-refractivity contribution in [1.29, 1.82) is 0 Å². The normalized spacial score (nSPS) is 25.7. The third-order valence-corrected chi connectivity index (χ3v) is 6.80. The lowest BCUT2D eigenvalue weighted by Crippen LogP contribution is -2.50. The number of carbonyl (C=O) groups is 3. The zero-order valence-electron chi connectivity index (χ0n) is 14.7. The van der Waals surface area contributed by atoms with Gasteiger partial charge in [-0.25, -0.2) is 4.79 Å². The van der Waals surface area contributed by atoms with Crippen molar-refractivity contribution in [2.24, 2.45) is 0 Å². The lowest BCUT2D eigenvalue weighted by atomic mass is 10.2. The summed E-state index contributed by atoms with van der Waals surface area (Å²) < 4.78 is 5.52. The highest BCUT2D eigenvalue weighted by Crippen LogP contribution is 2.56. The quantitative estimate of drug-likeness (QED) is 0.820. The molecule has 0 bridgehead atoms. The van der Waals surface area contributed by atoms with Crippen LogP contribution < -0.4 is 10.2 Å². The van der Waals surface area contributed by atoms with Gasteiger partial charge >= 0.3 is 5.97 Å². The van der Waals surface area contributed by atoms with Gasteiger partial charge in [-0.3, -0.25) is 14.5 Å². The van der Waals surface area contributed by atoms with Crippen LogP contribution in [0.3, 0.4) is 0 Å². The third-order valence-electron chi connectivity index (χ3n) is 5.35. The molecule has 2 atom stereocenters. The van der Waals surface area contributed by atoms with Gasteiger partial charge in [-0.1, -0.05) is 36.7 Å². The highest BCUT2D eigenvalue weighted by atomic mass is 32.2. The second kappa shape index (κ2) is 6.61. The molecule has 1 N–H and O–H groups in total. The van der Waals surface area contributed by atoms with Crippen molar-refractivity contribution in [2.45, 2.75) is 67.4 Å². The average molecular weight is 374 g/mol.